The molecule has 4 nitrogen and oxygen atoms in total. The molecule has 2 rings (SSSR count). The zero-order valence-corrected chi connectivity index (χ0v) is 13.5. The summed E-state index contributed by atoms with van der Waals surface area (Å²) in [7, 11) is 0. The van der Waals surface area contributed by atoms with Gasteiger partial charge in [0.15, 0.2) is 0 Å². The predicted octanol–water partition coefficient (Wildman–Crippen LogP) is 3.00. The summed E-state index contributed by atoms with van der Waals surface area (Å²) in [5, 5.41) is 5.48. The van der Waals surface area contributed by atoms with Crippen molar-refractivity contribution in [2.45, 2.75) is 26.3 Å². The van der Waals surface area contributed by atoms with Gasteiger partial charge in [-0.3, -0.25) is 9.59 Å². The van der Waals surface area contributed by atoms with Crippen molar-refractivity contribution in [2.75, 3.05) is 6.54 Å². The molecule has 0 heterocycles. The smallest absolute Gasteiger partial charge is 0.251 e. The molecule has 0 aliphatic carbocycles. The van der Waals surface area contributed by atoms with E-state index in [9.17, 15) is 9.59 Å². The van der Waals surface area contributed by atoms with Gasteiger partial charge in [-0.25, -0.2) is 0 Å². The Balaban J connectivity index is 1.99. The topological polar surface area (TPSA) is 58.2 Å². The van der Waals surface area contributed by atoms with Crippen molar-refractivity contribution in [1.29, 1.82) is 0 Å². The third-order valence-electron chi connectivity index (χ3n) is 3.54. The number of hydrogen-bond acceptors (Lipinski definition) is 2. The van der Waals surface area contributed by atoms with Crippen LogP contribution < -0.4 is 10.6 Å². The molecule has 0 fully saturated rings. The molecule has 0 saturated heterocycles. The Bertz CT molecular complexity index is 651. The van der Waals surface area contributed by atoms with E-state index in [2.05, 4.69) is 10.6 Å². The SMILES string of the molecule is CCCNC(=O)[C@@H](C)NC(=O)c1ccc(-c2ccccc2)cc1. The van der Waals surface area contributed by atoms with Gasteiger partial charge in [-0.15, -0.1) is 0 Å². The van der Waals surface area contributed by atoms with Gasteiger partial charge >= 0.3 is 0 Å². The summed E-state index contributed by atoms with van der Waals surface area (Å²) in [6.07, 6.45) is 0.868. The molecule has 2 aromatic rings. The number of nitrogens with one attached hydrogen (secondary N) is 2. The van der Waals surface area contributed by atoms with Crippen molar-refractivity contribution in [3.8, 4) is 11.1 Å². The standard InChI is InChI=1S/C19H22N2O2/c1-3-13-20-18(22)14(2)21-19(23)17-11-9-16(10-12-17)15-7-5-4-6-8-15/h4-12,14H,3,13H2,1-2H3,(H,20,22)(H,21,23)/t14-/m1/s1. The molecule has 0 aromatic heterocycles. The van der Waals surface area contributed by atoms with E-state index in [1.54, 1.807) is 19.1 Å². The number of benzene rings is 2. The molecule has 1 atom stereocenters. The number of carbonyl (C=O) groups excluding carboxylic acids is 2. The molecule has 2 aromatic carbocycles. The lowest BCUT2D eigenvalue weighted by atomic mass is 10.0. The van der Waals surface area contributed by atoms with Crippen molar-refractivity contribution >= 4 is 11.8 Å². The second kappa shape index (κ2) is 8.13. The molecular weight excluding hydrogens is 288 g/mol. The van der Waals surface area contributed by atoms with Crippen molar-refractivity contribution in [1.82, 2.24) is 10.6 Å². The summed E-state index contributed by atoms with van der Waals surface area (Å²) in [6, 6.07) is 16.8. The predicted molar refractivity (Wildman–Crippen MR) is 92.1 cm³/mol. The minimum atomic E-state index is -0.553. The zero-order valence-electron chi connectivity index (χ0n) is 13.5. The first-order valence-corrected chi connectivity index (χ1v) is 7.86. The van der Waals surface area contributed by atoms with E-state index in [0.717, 1.165) is 17.5 Å². The van der Waals surface area contributed by atoms with E-state index in [-0.39, 0.29) is 11.8 Å². The van der Waals surface area contributed by atoms with Crippen LogP contribution in [-0.2, 0) is 4.79 Å². The minimum Gasteiger partial charge on any atom is -0.354 e. The van der Waals surface area contributed by atoms with Gasteiger partial charge in [-0.1, -0.05) is 49.4 Å². The lowest BCUT2D eigenvalue weighted by Crippen LogP contribution is -2.44. The van der Waals surface area contributed by atoms with Gasteiger partial charge < -0.3 is 10.6 Å². The van der Waals surface area contributed by atoms with Gasteiger partial charge in [-0.05, 0) is 36.6 Å². The zero-order chi connectivity index (χ0) is 16.7. The summed E-state index contributed by atoms with van der Waals surface area (Å²) in [4.78, 5) is 24.0. The van der Waals surface area contributed by atoms with Crippen molar-refractivity contribution in [3.63, 3.8) is 0 Å². The van der Waals surface area contributed by atoms with Crippen LogP contribution in [0, 0.1) is 0 Å². The molecule has 2 N–H and O–H groups in total. The van der Waals surface area contributed by atoms with E-state index in [1.165, 1.54) is 0 Å². The van der Waals surface area contributed by atoms with Crippen molar-refractivity contribution in [3.05, 3.63) is 60.2 Å². The fourth-order valence-corrected chi connectivity index (χ4v) is 2.19. The van der Waals surface area contributed by atoms with Gasteiger partial charge in [0.25, 0.3) is 5.91 Å². The van der Waals surface area contributed by atoms with Gasteiger partial charge in [0.1, 0.15) is 6.04 Å². The van der Waals surface area contributed by atoms with Crippen LogP contribution in [0.15, 0.2) is 54.6 Å². The summed E-state index contributed by atoms with van der Waals surface area (Å²) in [5.41, 5.74) is 2.70. The Morgan fingerprint density at radius 2 is 1.57 bits per heavy atom. The fraction of sp³-hybridized carbons (Fsp3) is 0.263. The molecule has 0 aliphatic heterocycles. The third-order valence-corrected chi connectivity index (χ3v) is 3.54. The summed E-state index contributed by atoms with van der Waals surface area (Å²) in [5.74, 6) is -0.412. The maximum absolute atomic E-state index is 12.2. The summed E-state index contributed by atoms with van der Waals surface area (Å²) >= 11 is 0. The number of rotatable bonds is 6. The highest BCUT2D eigenvalue weighted by atomic mass is 16.2. The third kappa shape index (κ3) is 4.68. The molecule has 0 spiro atoms. The highest BCUT2D eigenvalue weighted by Gasteiger charge is 2.15. The largest absolute Gasteiger partial charge is 0.354 e. The molecule has 120 valence electrons. The molecule has 23 heavy (non-hydrogen) atoms. The van der Waals surface area contributed by atoms with Gasteiger partial charge in [0, 0.05) is 12.1 Å². The van der Waals surface area contributed by atoms with Crippen LogP contribution in [0.3, 0.4) is 0 Å². The Morgan fingerprint density at radius 1 is 0.957 bits per heavy atom. The monoisotopic (exact) mass is 310 g/mol. The number of hydrogen-bond donors (Lipinski definition) is 2. The highest BCUT2D eigenvalue weighted by molar-refractivity contribution is 5.97. The maximum Gasteiger partial charge on any atom is 0.251 e. The van der Waals surface area contributed by atoms with Crippen LogP contribution in [0.5, 0.6) is 0 Å². The molecule has 4 heteroatoms. The van der Waals surface area contributed by atoms with Crippen LogP contribution in [0.2, 0.25) is 0 Å². The van der Waals surface area contributed by atoms with Crippen LogP contribution in [0.1, 0.15) is 30.6 Å². The normalized spacial score (nSPS) is 11.6. The quantitative estimate of drug-likeness (QED) is 0.861. The Labute approximate surface area is 136 Å². The van der Waals surface area contributed by atoms with Gasteiger partial charge in [0.05, 0.1) is 0 Å². The fourth-order valence-electron chi connectivity index (χ4n) is 2.19. The van der Waals surface area contributed by atoms with Crippen LogP contribution in [0.25, 0.3) is 11.1 Å². The summed E-state index contributed by atoms with van der Waals surface area (Å²) in [6.45, 7) is 4.28. The lowest BCUT2D eigenvalue weighted by molar-refractivity contribution is -0.122. The number of carbonyl (C=O) groups is 2. The Hall–Kier alpha value is -2.62. The van der Waals surface area contributed by atoms with Crippen LogP contribution in [0.4, 0.5) is 0 Å². The van der Waals surface area contributed by atoms with Crippen LogP contribution in [-0.4, -0.2) is 24.4 Å². The second-order valence-corrected chi connectivity index (χ2v) is 5.43. The first-order chi connectivity index (χ1) is 11.1. The minimum absolute atomic E-state index is 0.166. The average molecular weight is 310 g/mol. The van der Waals surface area contributed by atoms with E-state index in [4.69, 9.17) is 0 Å². The maximum atomic E-state index is 12.2. The first-order valence-electron chi connectivity index (χ1n) is 7.86. The van der Waals surface area contributed by atoms with Gasteiger partial charge in [-0.2, -0.15) is 0 Å². The molecule has 0 aliphatic rings. The molecule has 0 saturated carbocycles. The lowest BCUT2D eigenvalue weighted by Gasteiger charge is -2.14. The van der Waals surface area contributed by atoms with Gasteiger partial charge in [0.2, 0.25) is 5.91 Å². The summed E-state index contributed by atoms with van der Waals surface area (Å²) < 4.78 is 0. The molecule has 0 unspecified atom stereocenters. The average Bonchev–Trinajstić information content (AvgIpc) is 2.60. The molecule has 0 bridgehead atoms. The van der Waals surface area contributed by atoms with E-state index >= 15 is 0 Å². The Kier molecular flexibility index (Phi) is 5.92. The van der Waals surface area contributed by atoms with Crippen molar-refractivity contribution in [2.24, 2.45) is 0 Å². The van der Waals surface area contributed by atoms with E-state index in [1.807, 2.05) is 49.4 Å². The Morgan fingerprint density at radius 3 is 2.17 bits per heavy atom. The molecule has 2 amide bonds. The number of amides is 2. The molecule has 0 radical (unpaired) electrons. The van der Waals surface area contributed by atoms with E-state index in [0.29, 0.717) is 12.1 Å². The van der Waals surface area contributed by atoms with E-state index < -0.39 is 6.04 Å². The first kappa shape index (κ1) is 16.7. The molecular formula is C19H22N2O2. The highest BCUT2D eigenvalue weighted by Crippen LogP contribution is 2.19. The second-order valence-electron chi connectivity index (χ2n) is 5.43. The van der Waals surface area contributed by atoms with Crippen molar-refractivity contribution < 1.29 is 9.59 Å². The van der Waals surface area contributed by atoms with Crippen LogP contribution >= 0.6 is 0 Å².